The minimum absolute atomic E-state index is 0.0485. The van der Waals surface area contributed by atoms with Gasteiger partial charge in [-0.25, -0.2) is 13.1 Å². The Labute approximate surface area is 113 Å². The highest BCUT2D eigenvalue weighted by atomic mass is 32.2. The molecule has 1 aromatic rings. The van der Waals surface area contributed by atoms with Crippen molar-refractivity contribution < 1.29 is 8.42 Å². The van der Waals surface area contributed by atoms with Crippen molar-refractivity contribution in [2.24, 2.45) is 5.73 Å². The summed E-state index contributed by atoms with van der Waals surface area (Å²) in [7, 11) is -3.63. The van der Waals surface area contributed by atoms with Gasteiger partial charge < -0.3 is 5.73 Å². The molecule has 2 rings (SSSR count). The van der Waals surface area contributed by atoms with Gasteiger partial charge in [0.1, 0.15) is 6.07 Å². The van der Waals surface area contributed by atoms with Crippen molar-refractivity contribution in [1.82, 2.24) is 4.72 Å². The molecular weight excluding hydrogens is 262 g/mol. The predicted octanol–water partition coefficient (Wildman–Crippen LogP) is 1.11. The van der Waals surface area contributed by atoms with Gasteiger partial charge >= 0.3 is 0 Å². The first-order valence-corrected chi connectivity index (χ1v) is 7.78. The van der Waals surface area contributed by atoms with Gasteiger partial charge in [-0.3, -0.25) is 0 Å². The molecule has 102 valence electrons. The van der Waals surface area contributed by atoms with Crippen molar-refractivity contribution >= 4 is 10.0 Å². The normalized spacial score (nSPS) is 23.8. The lowest BCUT2D eigenvalue weighted by molar-refractivity contribution is 0.373. The zero-order chi connectivity index (χ0) is 13.9. The smallest absolute Gasteiger partial charge is 0.242 e. The van der Waals surface area contributed by atoms with Crippen LogP contribution in [0.4, 0.5) is 0 Å². The van der Waals surface area contributed by atoms with Crippen LogP contribution in [-0.2, 0) is 10.0 Å². The maximum absolute atomic E-state index is 12.3. The second-order valence-corrected chi connectivity index (χ2v) is 6.52. The van der Waals surface area contributed by atoms with Crippen LogP contribution in [0.3, 0.4) is 0 Å². The summed E-state index contributed by atoms with van der Waals surface area (Å²) in [6, 6.07) is 8.22. The third-order valence-corrected chi connectivity index (χ3v) is 4.97. The molecular formula is C13H17N3O2S. The van der Waals surface area contributed by atoms with Crippen LogP contribution in [0.2, 0.25) is 0 Å². The Kier molecular flexibility index (Phi) is 4.20. The van der Waals surface area contributed by atoms with Gasteiger partial charge in [0.25, 0.3) is 0 Å². The van der Waals surface area contributed by atoms with Gasteiger partial charge in [0, 0.05) is 12.1 Å². The summed E-state index contributed by atoms with van der Waals surface area (Å²) in [6.45, 7) is 0. The first kappa shape index (κ1) is 14.0. The Bertz CT molecular complexity index is 584. The lowest BCUT2D eigenvalue weighted by atomic mass is 9.93. The average molecular weight is 279 g/mol. The van der Waals surface area contributed by atoms with Crippen molar-refractivity contribution in [1.29, 1.82) is 5.26 Å². The Morgan fingerprint density at radius 2 is 1.84 bits per heavy atom. The molecule has 1 saturated carbocycles. The van der Waals surface area contributed by atoms with E-state index in [0.717, 1.165) is 25.7 Å². The van der Waals surface area contributed by atoms with Crippen LogP contribution in [-0.4, -0.2) is 20.5 Å². The molecule has 0 aliphatic heterocycles. The number of nitrogens with zero attached hydrogens (tertiary/aromatic N) is 1. The van der Waals surface area contributed by atoms with Crippen molar-refractivity contribution in [2.75, 3.05) is 0 Å². The second kappa shape index (κ2) is 5.70. The molecule has 19 heavy (non-hydrogen) atoms. The summed E-state index contributed by atoms with van der Waals surface area (Å²) >= 11 is 0. The third-order valence-electron chi connectivity index (χ3n) is 3.39. The predicted molar refractivity (Wildman–Crippen MR) is 71.7 cm³/mol. The van der Waals surface area contributed by atoms with Crippen LogP contribution in [0.15, 0.2) is 29.2 Å². The number of sulfonamides is 1. The quantitative estimate of drug-likeness (QED) is 0.866. The van der Waals surface area contributed by atoms with E-state index in [1.165, 1.54) is 12.1 Å². The Morgan fingerprint density at radius 3 is 2.47 bits per heavy atom. The molecule has 0 bridgehead atoms. The fourth-order valence-electron chi connectivity index (χ4n) is 2.31. The zero-order valence-corrected chi connectivity index (χ0v) is 11.4. The molecule has 0 radical (unpaired) electrons. The van der Waals surface area contributed by atoms with E-state index >= 15 is 0 Å². The topological polar surface area (TPSA) is 96.0 Å². The molecule has 3 N–H and O–H groups in total. The molecule has 0 atom stereocenters. The largest absolute Gasteiger partial charge is 0.328 e. The maximum Gasteiger partial charge on any atom is 0.242 e. The molecule has 0 aromatic heterocycles. The monoisotopic (exact) mass is 279 g/mol. The summed E-state index contributed by atoms with van der Waals surface area (Å²) in [6.07, 6.45) is 3.14. The molecule has 6 heteroatoms. The SMILES string of the molecule is N#Cc1ccccc1S(=O)(=O)NC1CCC(N)CC1. The summed E-state index contributed by atoms with van der Waals surface area (Å²) in [5, 5.41) is 8.96. The zero-order valence-electron chi connectivity index (χ0n) is 10.5. The summed E-state index contributed by atoms with van der Waals surface area (Å²) in [5.41, 5.74) is 5.97. The summed E-state index contributed by atoms with van der Waals surface area (Å²) in [5.74, 6) is 0. The average Bonchev–Trinajstić information content (AvgIpc) is 2.41. The Hall–Kier alpha value is -1.42. The first-order valence-electron chi connectivity index (χ1n) is 6.30. The lowest BCUT2D eigenvalue weighted by Crippen LogP contribution is -2.40. The molecule has 5 nitrogen and oxygen atoms in total. The maximum atomic E-state index is 12.3. The summed E-state index contributed by atoms with van der Waals surface area (Å²) in [4.78, 5) is 0.0485. The third kappa shape index (κ3) is 3.32. The highest BCUT2D eigenvalue weighted by molar-refractivity contribution is 7.89. The van der Waals surface area contributed by atoms with E-state index in [4.69, 9.17) is 11.0 Å². The van der Waals surface area contributed by atoms with Gasteiger partial charge in [0.2, 0.25) is 10.0 Å². The van der Waals surface area contributed by atoms with E-state index in [1.807, 2.05) is 6.07 Å². The lowest BCUT2D eigenvalue weighted by Gasteiger charge is -2.26. The van der Waals surface area contributed by atoms with Crippen LogP contribution in [0.25, 0.3) is 0 Å². The number of benzene rings is 1. The second-order valence-electron chi connectivity index (χ2n) is 4.84. The number of nitrogens with two attached hydrogens (primary N) is 1. The summed E-state index contributed by atoms with van der Waals surface area (Å²) < 4.78 is 27.2. The molecule has 1 aliphatic rings. The van der Waals surface area contributed by atoms with Gasteiger partial charge in [-0.15, -0.1) is 0 Å². The molecule has 0 saturated heterocycles. The Balaban J connectivity index is 2.17. The van der Waals surface area contributed by atoms with Crippen molar-refractivity contribution in [3.63, 3.8) is 0 Å². The fraction of sp³-hybridized carbons (Fsp3) is 0.462. The highest BCUT2D eigenvalue weighted by Crippen LogP contribution is 2.20. The minimum atomic E-state index is -3.63. The fourth-order valence-corrected chi connectivity index (χ4v) is 3.78. The molecule has 1 aliphatic carbocycles. The van der Waals surface area contributed by atoms with E-state index < -0.39 is 10.0 Å². The molecule has 0 unspecified atom stereocenters. The number of hydrogen-bond acceptors (Lipinski definition) is 4. The van der Waals surface area contributed by atoms with E-state index in [9.17, 15) is 8.42 Å². The first-order chi connectivity index (χ1) is 9.03. The van der Waals surface area contributed by atoms with Crippen molar-refractivity contribution in [2.45, 2.75) is 42.7 Å². The van der Waals surface area contributed by atoms with E-state index in [-0.39, 0.29) is 22.5 Å². The van der Waals surface area contributed by atoms with Crippen LogP contribution >= 0.6 is 0 Å². The van der Waals surface area contributed by atoms with Crippen LogP contribution < -0.4 is 10.5 Å². The molecule has 0 heterocycles. The van der Waals surface area contributed by atoms with Crippen LogP contribution in [0.5, 0.6) is 0 Å². The van der Waals surface area contributed by atoms with Gasteiger partial charge in [0.05, 0.1) is 10.5 Å². The molecule has 0 amide bonds. The van der Waals surface area contributed by atoms with Crippen LogP contribution in [0.1, 0.15) is 31.2 Å². The van der Waals surface area contributed by atoms with Gasteiger partial charge in [-0.2, -0.15) is 5.26 Å². The van der Waals surface area contributed by atoms with Crippen LogP contribution in [0, 0.1) is 11.3 Å². The van der Waals surface area contributed by atoms with E-state index in [2.05, 4.69) is 4.72 Å². The number of nitriles is 1. The van der Waals surface area contributed by atoms with Crippen molar-refractivity contribution in [3.8, 4) is 6.07 Å². The number of hydrogen-bond donors (Lipinski definition) is 2. The standard InChI is InChI=1S/C13H17N3O2S/c14-9-10-3-1-2-4-13(10)19(17,18)16-12-7-5-11(15)6-8-12/h1-4,11-12,16H,5-8,15H2. The Morgan fingerprint density at radius 1 is 1.21 bits per heavy atom. The molecule has 0 spiro atoms. The van der Waals surface area contributed by atoms with E-state index in [1.54, 1.807) is 12.1 Å². The number of rotatable bonds is 3. The van der Waals surface area contributed by atoms with E-state index in [0.29, 0.717) is 0 Å². The van der Waals surface area contributed by atoms with Gasteiger partial charge in [-0.05, 0) is 37.8 Å². The van der Waals surface area contributed by atoms with Gasteiger partial charge in [-0.1, -0.05) is 12.1 Å². The minimum Gasteiger partial charge on any atom is -0.328 e. The molecule has 1 fully saturated rings. The molecule has 1 aromatic carbocycles. The highest BCUT2D eigenvalue weighted by Gasteiger charge is 2.25. The number of nitrogens with one attached hydrogen (secondary N) is 1. The van der Waals surface area contributed by atoms with Crippen molar-refractivity contribution in [3.05, 3.63) is 29.8 Å². The van der Waals surface area contributed by atoms with Gasteiger partial charge in [0.15, 0.2) is 0 Å².